The SMILES string of the molecule is NS(=O)(=O)CCNc1c(Cl)ccc2nsnc12. The van der Waals surface area contributed by atoms with Crippen LogP contribution in [0, 0.1) is 0 Å². The lowest BCUT2D eigenvalue weighted by Crippen LogP contribution is -2.22. The molecule has 0 saturated heterocycles. The van der Waals surface area contributed by atoms with Crippen molar-refractivity contribution in [1.82, 2.24) is 8.75 Å². The molecule has 0 fully saturated rings. The molecular weight excluding hydrogens is 284 g/mol. The summed E-state index contributed by atoms with van der Waals surface area (Å²) in [6, 6.07) is 3.44. The zero-order valence-corrected chi connectivity index (χ0v) is 10.9. The summed E-state index contributed by atoms with van der Waals surface area (Å²) in [4.78, 5) is 0. The number of halogens is 1. The molecule has 0 saturated carbocycles. The van der Waals surface area contributed by atoms with E-state index in [2.05, 4.69) is 14.1 Å². The summed E-state index contributed by atoms with van der Waals surface area (Å²) in [6.45, 7) is 0.176. The zero-order valence-electron chi connectivity index (χ0n) is 8.55. The van der Waals surface area contributed by atoms with Crippen LogP contribution in [0.5, 0.6) is 0 Å². The van der Waals surface area contributed by atoms with Gasteiger partial charge in [-0.15, -0.1) is 0 Å². The maximum absolute atomic E-state index is 10.8. The molecule has 2 aromatic rings. The second kappa shape index (κ2) is 4.73. The van der Waals surface area contributed by atoms with Crippen LogP contribution in [-0.2, 0) is 10.0 Å². The van der Waals surface area contributed by atoms with Crippen LogP contribution in [0.1, 0.15) is 0 Å². The third kappa shape index (κ3) is 3.03. The van der Waals surface area contributed by atoms with Gasteiger partial charge < -0.3 is 5.32 Å². The largest absolute Gasteiger partial charge is 0.381 e. The van der Waals surface area contributed by atoms with Gasteiger partial charge in [-0.05, 0) is 12.1 Å². The van der Waals surface area contributed by atoms with Crippen molar-refractivity contribution in [1.29, 1.82) is 0 Å². The highest BCUT2D eigenvalue weighted by Gasteiger charge is 2.10. The van der Waals surface area contributed by atoms with E-state index in [-0.39, 0.29) is 12.3 Å². The Bertz CT molecular complexity index is 640. The molecule has 0 aliphatic heterocycles. The second-order valence-corrected chi connectivity index (χ2v) is 6.02. The lowest BCUT2D eigenvalue weighted by molar-refractivity contribution is 0.598. The van der Waals surface area contributed by atoms with Gasteiger partial charge in [-0.25, -0.2) is 13.6 Å². The Hall–Kier alpha value is -0.960. The standard InChI is InChI=1S/C8H9ClN4O2S2/c9-5-1-2-6-8(13-16-12-6)7(5)11-3-4-17(10,14)15/h1-2,11H,3-4H2,(H2,10,14,15). The number of anilines is 1. The van der Waals surface area contributed by atoms with Crippen LogP contribution in [0.3, 0.4) is 0 Å². The molecule has 17 heavy (non-hydrogen) atoms. The van der Waals surface area contributed by atoms with E-state index < -0.39 is 10.0 Å². The number of nitrogens with two attached hydrogens (primary N) is 1. The maximum atomic E-state index is 10.8. The number of hydrogen-bond donors (Lipinski definition) is 2. The summed E-state index contributed by atoms with van der Waals surface area (Å²) in [5.74, 6) is -0.169. The van der Waals surface area contributed by atoms with Crippen LogP contribution < -0.4 is 10.5 Å². The monoisotopic (exact) mass is 292 g/mol. The number of rotatable bonds is 4. The van der Waals surface area contributed by atoms with Gasteiger partial charge in [-0.2, -0.15) is 8.75 Å². The predicted octanol–water partition coefficient (Wildman–Crippen LogP) is 1.05. The number of benzene rings is 1. The van der Waals surface area contributed by atoms with Gasteiger partial charge in [0.05, 0.1) is 28.2 Å². The average molecular weight is 293 g/mol. The fraction of sp³-hybridized carbons (Fsp3) is 0.250. The van der Waals surface area contributed by atoms with Crippen molar-refractivity contribution in [2.75, 3.05) is 17.6 Å². The molecule has 0 atom stereocenters. The fourth-order valence-electron chi connectivity index (χ4n) is 1.31. The van der Waals surface area contributed by atoms with Gasteiger partial charge in [0, 0.05) is 6.54 Å². The Morgan fingerprint density at radius 2 is 2.18 bits per heavy atom. The fourth-order valence-corrected chi connectivity index (χ4v) is 2.46. The number of aromatic nitrogens is 2. The van der Waals surface area contributed by atoms with Crippen molar-refractivity contribution >= 4 is 50.1 Å². The Balaban J connectivity index is 2.23. The average Bonchev–Trinajstić information content (AvgIpc) is 2.67. The lowest BCUT2D eigenvalue weighted by atomic mass is 10.2. The molecule has 1 aromatic heterocycles. The molecule has 0 amide bonds. The first-order chi connectivity index (χ1) is 7.97. The molecule has 6 nitrogen and oxygen atoms in total. The van der Waals surface area contributed by atoms with Gasteiger partial charge in [-0.3, -0.25) is 0 Å². The molecule has 0 bridgehead atoms. The van der Waals surface area contributed by atoms with Gasteiger partial charge in [0.1, 0.15) is 11.0 Å². The van der Waals surface area contributed by atoms with E-state index in [9.17, 15) is 8.42 Å². The van der Waals surface area contributed by atoms with Crippen LogP contribution in [0.4, 0.5) is 5.69 Å². The van der Waals surface area contributed by atoms with Gasteiger partial charge in [0.25, 0.3) is 0 Å². The lowest BCUT2D eigenvalue weighted by Gasteiger charge is -2.07. The molecule has 0 aliphatic rings. The predicted molar refractivity (Wildman–Crippen MR) is 68.9 cm³/mol. The Morgan fingerprint density at radius 1 is 1.41 bits per heavy atom. The summed E-state index contributed by atoms with van der Waals surface area (Å²) >= 11 is 7.08. The highest BCUT2D eigenvalue weighted by Crippen LogP contribution is 2.29. The number of nitrogens with one attached hydrogen (secondary N) is 1. The van der Waals surface area contributed by atoms with E-state index >= 15 is 0 Å². The molecule has 0 aliphatic carbocycles. The van der Waals surface area contributed by atoms with Crippen molar-refractivity contribution in [2.24, 2.45) is 5.14 Å². The van der Waals surface area contributed by atoms with Gasteiger partial charge in [0.2, 0.25) is 10.0 Å². The van der Waals surface area contributed by atoms with Gasteiger partial charge in [-0.1, -0.05) is 11.6 Å². The topological polar surface area (TPSA) is 98.0 Å². The minimum absolute atomic E-state index is 0.169. The maximum Gasteiger partial charge on any atom is 0.210 e. The highest BCUT2D eigenvalue weighted by molar-refractivity contribution is 7.89. The molecule has 92 valence electrons. The number of nitrogens with zero attached hydrogens (tertiary/aromatic N) is 2. The van der Waals surface area contributed by atoms with Crippen molar-refractivity contribution in [2.45, 2.75) is 0 Å². The van der Waals surface area contributed by atoms with Crippen LogP contribution in [0.2, 0.25) is 5.02 Å². The van der Waals surface area contributed by atoms with Crippen LogP contribution in [0.15, 0.2) is 12.1 Å². The summed E-state index contributed by atoms with van der Waals surface area (Å²) in [6.07, 6.45) is 0. The minimum atomic E-state index is -3.49. The number of primary sulfonamides is 1. The zero-order chi connectivity index (χ0) is 12.5. The van der Waals surface area contributed by atoms with Crippen LogP contribution >= 0.6 is 23.3 Å². The van der Waals surface area contributed by atoms with Crippen LogP contribution in [-0.4, -0.2) is 29.5 Å². The van der Waals surface area contributed by atoms with Crippen molar-refractivity contribution in [3.05, 3.63) is 17.2 Å². The Labute approximate surface area is 107 Å². The highest BCUT2D eigenvalue weighted by atomic mass is 35.5. The molecular formula is C8H9ClN4O2S2. The van der Waals surface area contributed by atoms with E-state index in [1.165, 1.54) is 0 Å². The van der Waals surface area contributed by atoms with Crippen LogP contribution in [0.25, 0.3) is 11.0 Å². The Kier molecular flexibility index (Phi) is 3.48. The smallest absolute Gasteiger partial charge is 0.210 e. The normalized spacial score (nSPS) is 11.9. The van der Waals surface area contributed by atoms with Crippen molar-refractivity contribution < 1.29 is 8.42 Å². The molecule has 1 heterocycles. The number of hydrogen-bond acceptors (Lipinski definition) is 6. The molecule has 3 N–H and O–H groups in total. The minimum Gasteiger partial charge on any atom is -0.381 e. The summed E-state index contributed by atoms with van der Waals surface area (Å²) in [5.41, 5.74) is 1.94. The third-order valence-electron chi connectivity index (χ3n) is 2.07. The first-order valence-electron chi connectivity index (χ1n) is 4.62. The molecule has 0 radical (unpaired) electrons. The van der Waals surface area contributed by atoms with E-state index in [0.717, 1.165) is 17.2 Å². The van der Waals surface area contributed by atoms with Crippen molar-refractivity contribution in [3.63, 3.8) is 0 Å². The number of sulfonamides is 1. The summed E-state index contributed by atoms with van der Waals surface area (Å²) < 4.78 is 29.8. The van der Waals surface area contributed by atoms with E-state index in [0.29, 0.717) is 16.2 Å². The summed E-state index contributed by atoms with van der Waals surface area (Å²) in [7, 11) is -3.49. The number of fused-ring (bicyclic) bond motifs is 1. The first kappa shape index (κ1) is 12.5. The molecule has 1 aromatic carbocycles. The third-order valence-corrected chi connectivity index (χ3v) is 3.70. The molecule has 0 spiro atoms. The first-order valence-corrected chi connectivity index (χ1v) is 7.45. The molecule has 9 heteroatoms. The van der Waals surface area contributed by atoms with Crippen molar-refractivity contribution in [3.8, 4) is 0 Å². The Morgan fingerprint density at radius 3 is 2.88 bits per heavy atom. The van der Waals surface area contributed by atoms with Gasteiger partial charge in [0.15, 0.2) is 0 Å². The van der Waals surface area contributed by atoms with Gasteiger partial charge >= 0.3 is 0 Å². The van der Waals surface area contributed by atoms with E-state index in [1.54, 1.807) is 12.1 Å². The van der Waals surface area contributed by atoms with E-state index in [1.807, 2.05) is 0 Å². The summed E-state index contributed by atoms with van der Waals surface area (Å²) in [5, 5.41) is 8.29. The quantitative estimate of drug-likeness (QED) is 0.877. The second-order valence-electron chi connectivity index (χ2n) is 3.35. The molecule has 0 unspecified atom stereocenters. The van der Waals surface area contributed by atoms with E-state index in [4.69, 9.17) is 16.7 Å². The molecule has 2 rings (SSSR count).